The predicted octanol–water partition coefficient (Wildman–Crippen LogP) is 2.05. The van der Waals surface area contributed by atoms with Crippen molar-refractivity contribution in [2.24, 2.45) is 0 Å². The molecule has 0 bridgehead atoms. The van der Waals surface area contributed by atoms with Gasteiger partial charge in [0.2, 0.25) is 15.9 Å². The Kier molecular flexibility index (Phi) is 7.31. The molecule has 2 aromatic carbocycles. The number of anilines is 3. The van der Waals surface area contributed by atoms with Crippen molar-refractivity contribution in [3.8, 4) is 0 Å². The van der Waals surface area contributed by atoms with Gasteiger partial charge in [0.25, 0.3) is 0 Å². The maximum Gasteiger partial charge on any atom is 0.335 e. The third-order valence-electron chi connectivity index (χ3n) is 5.10. The predicted molar refractivity (Wildman–Crippen MR) is 120 cm³/mol. The van der Waals surface area contributed by atoms with E-state index >= 15 is 0 Å². The van der Waals surface area contributed by atoms with Crippen LogP contribution in [0.5, 0.6) is 0 Å². The van der Waals surface area contributed by atoms with Gasteiger partial charge in [-0.05, 0) is 49.4 Å². The molecule has 32 heavy (non-hydrogen) atoms. The Labute approximate surface area is 185 Å². The molecule has 3 N–H and O–H groups in total. The summed E-state index contributed by atoms with van der Waals surface area (Å²) in [6.45, 7) is 3.82. The summed E-state index contributed by atoms with van der Waals surface area (Å²) >= 11 is 0. The number of aromatic carboxylic acids is 1. The maximum atomic E-state index is 13.0. The summed E-state index contributed by atoms with van der Waals surface area (Å²) in [7, 11) is -3.59. The molecule has 3 rings (SSSR count). The second kappa shape index (κ2) is 9.96. The highest BCUT2D eigenvalue weighted by Gasteiger charge is 2.23. The van der Waals surface area contributed by atoms with Crippen molar-refractivity contribution in [3.63, 3.8) is 0 Å². The van der Waals surface area contributed by atoms with Crippen LogP contribution in [0.2, 0.25) is 0 Å². The third kappa shape index (κ3) is 6.17. The van der Waals surface area contributed by atoms with Gasteiger partial charge in [0.15, 0.2) is 0 Å². The lowest BCUT2D eigenvalue weighted by molar-refractivity contribution is -0.117. The van der Waals surface area contributed by atoms with Crippen LogP contribution in [0.15, 0.2) is 42.5 Å². The van der Waals surface area contributed by atoms with Gasteiger partial charge in [-0.15, -0.1) is 0 Å². The minimum absolute atomic E-state index is 0.0151. The number of piperazine rings is 1. The Hall–Kier alpha value is -3.18. The number of halogens is 1. The van der Waals surface area contributed by atoms with Crippen molar-refractivity contribution < 1.29 is 27.5 Å². The summed E-state index contributed by atoms with van der Waals surface area (Å²) in [5.74, 6) is -1.88. The van der Waals surface area contributed by atoms with Gasteiger partial charge >= 0.3 is 5.97 Å². The molecule has 9 nitrogen and oxygen atoms in total. The Balaban J connectivity index is 1.64. The summed E-state index contributed by atoms with van der Waals surface area (Å²) < 4.78 is 39.6. The van der Waals surface area contributed by atoms with E-state index in [-0.39, 0.29) is 35.3 Å². The molecule has 1 amide bonds. The lowest BCUT2D eigenvalue weighted by Crippen LogP contribution is -2.48. The molecular formula is C21H25FN4O5S. The normalized spacial score (nSPS) is 14.8. The average molecular weight is 465 g/mol. The molecular weight excluding hydrogens is 439 g/mol. The first-order valence-corrected chi connectivity index (χ1v) is 11.7. The first-order valence-electron chi connectivity index (χ1n) is 10.1. The highest BCUT2D eigenvalue weighted by atomic mass is 32.2. The number of amides is 1. The quantitative estimate of drug-likeness (QED) is 0.547. The van der Waals surface area contributed by atoms with Crippen LogP contribution in [0.3, 0.4) is 0 Å². The Morgan fingerprint density at radius 3 is 2.31 bits per heavy atom. The Morgan fingerprint density at radius 2 is 1.72 bits per heavy atom. The molecule has 0 saturated carbocycles. The van der Waals surface area contributed by atoms with Crippen molar-refractivity contribution in [1.82, 2.24) is 4.90 Å². The Morgan fingerprint density at radius 1 is 1.06 bits per heavy atom. The fourth-order valence-electron chi connectivity index (χ4n) is 3.35. The smallest absolute Gasteiger partial charge is 0.335 e. The zero-order valence-electron chi connectivity index (χ0n) is 17.5. The number of carboxylic acids is 1. The fourth-order valence-corrected chi connectivity index (χ4v) is 3.99. The number of rotatable bonds is 8. The lowest BCUT2D eigenvalue weighted by atomic mass is 10.1. The number of hydrogen-bond donors (Lipinski definition) is 3. The number of carbonyl (C=O) groups is 2. The number of benzene rings is 2. The fraction of sp³-hybridized carbons (Fsp3) is 0.333. The number of nitrogens with zero attached hydrogens (tertiary/aromatic N) is 2. The average Bonchev–Trinajstić information content (AvgIpc) is 2.75. The second-order valence-electron chi connectivity index (χ2n) is 7.36. The summed E-state index contributed by atoms with van der Waals surface area (Å²) in [6, 6.07) is 9.86. The second-order valence-corrected chi connectivity index (χ2v) is 9.37. The van der Waals surface area contributed by atoms with Gasteiger partial charge in [0.1, 0.15) is 5.82 Å². The van der Waals surface area contributed by atoms with Crippen LogP contribution in [0.4, 0.5) is 21.5 Å². The number of sulfonamides is 1. The van der Waals surface area contributed by atoms with E-state index in [1.54, 1.807) is 6.07 Å². The van der Waals surface area contributed by atoms with Gasteiger partial charge in [-0.25, -0.2) is 17.6 Å². The van der Waals surface area contributed by atoms with Crippen LogP contribution in [0.1, 0.15) is 17.3 Å². The van der Waals surface area contributed by atoms with E-state index in [4.69, 9.17) is 0 Å². The van der Waals surface area contributed by atoms with Crippen molar-refractivity contribution in [1.29, 1.82) is 0 Å². The van der Waals surface area contributed by atoms with Crippen molar-refractivity contribution in [2.75, 3.05) is 53.4 Å². The highest BCUT2D eigenvalue weighted by Crippen LogP contribution is 2.29. The minimum Gasteiger partial charge on any atom is -0.478 e. The Bertz CT molecular complexity index is 1080. The van der Waals surface area contributed by atoms with E-state index in [0.29, 0.717) is 37.6 Å². The van der Waals surface area contributed by atoms with E-state index in [2.05, 4.69) is 10.0 Å². The first kappa shape index (κ1) is 23.5. The van der Waals surface area contributed by atoms with Gasteiger partial charge in [-0.1, -0.05) is 0 Å². The SMILES string of the molecule is CCS(=O)(=O)Nc1cc(C(=O)O)ccc1N1CCN(CC(=O)Nc2ccc(F)cc2)CC1. The van der Waals surface area contributed by atoms with Crippen LogP contribution >= 0.6 is 0 Å². The van der Waals surface area contributed by atoms with Gasteiger partial charge in [0, 0.05) is 31.9 Å². The molecule has 0 radical (unpaired) electrons. The van der Waals surface area contributed by atoms with Crippen LogP contribution in [0.25, 0.3) is 0 Å². The minimum atomic E-state index is -3.59. The standard InChI is InChI=1S/C21H25FN4O5S/c1-2-32(30,31)24-18-13-15(21(28)29)3-8-19(18)26-11-9-25(10-12-26)14-20(27)23-17-6-4-16(22)5-7-17/h3-8,13,24H,2,9-12,14H2,1H3,(H,23,27)(H,28,29). The molecule has 1 fully saturated rings. The van der Waals surface area contributed by atoms with E-state index in [0.717, 1.165) is 0 Å². The van der Waals surface area contributed by atoms with Crippen LogP contribution in [0, 0.1) is 5.82 Å². The van der Waals surface area contributed by atoms with E-state index in [9.17, 15) is 27.5 Å². The summed E-state index contributed by atoms with van der Waals surface area (Å²) in [5, 5.41) is 12.0. The molecule has 0 unspecified atom stereocenters. The highest BCUT2D eigenvalue weighted by molar-refractivity contribution is 7.92. The van der Waals surface area contributed by atoms with Gasteiger partial charge < -0.3 is 15.3 Å². The zero-order valence-corrected chi connectivity index (χ0v) is 18.4. The van der Waals surface area contributed by atoms with Crippen molar-refractivity contribution in [3.05, 3.63) is 53.8 Å². The van der Waals surface area contributed by atoms with E-state index < -0.39 is 16.0 Å². The maximum absolute atomic E-state index is 13.0. The summed E-state index contributed by atoms with van der Waals surface area (Å²) in [4.78, 5) is 27.5. The van der Waals surface area contributed by atoms with Crippen molar-refractivity contribution in [2.45, 2.75) is 6.92 Å². The molecule has 1 aliphatic rings. The largest absolute Gasteiger partial charge is 0.478 e. The van der Waals surface area contributed by atoms with Crippen LogP contribution in [-0.4, -0.2) is 68.8 Å². The van der Waals surface area contributed by atoms with Crippen LogP contribution < -0.4 is 14.9 Å². The van der Waals surface area contributed by atoms with Gasteiger partial charge in [-0.2, -0.15) is 0 Å². The molecule has 11 heteroatoms. The molecule has 1 saturated heterocycles. The molecule has 1 aliphatic heterocycles. The molecule has 0 aliphatic carbocycles. The van der Waals surface area contributed by atoms with Crippen molar-refractivity contribution >= 4 is 39.0 Å². The summed E-state index contributed by atoms with van der Waals surface area (Å²) in [5.41, 5.74) is 1.30. The van der Waals surface area contributed by atoms with Gasteiger partial charge in [0.05, 0.1) is 29.2 Å². The summed E-state index contributed by atoms with van der Waals surface area (Å²) in [6.07, 6.45) is 0. The number of nitrogens with one attached hydrogen (secondary N) is 2. The molecule has 0 spiro atoms. The van der Waals surface area contributed by atoms with E-state index in [1.807, 2.05) is 9.80 Å². The van der Waals surface area contributed by atoms with Crippen LogP contribution in [-0.2, 0) is 14.8 Å². The number of carbonyl (C=O) groups excluding carboxylic acids is 1. The first-order chi connectivity index (χ1) is 15.2. The lowest BCUT2D eigenvalue weighted by Gasteiger charge is -2.36. The molecule has 1 heterocycles. The zero-order chi connectivity index (χ0) is 23.3. The van der Waals surface area contributed by atoms with Gasteiger partial charge in [-0.3, -0.25) is 14.4 Å². The molecule has 172 valence electrons. The number of hydrogen-bond acceptors (Lipinski definition) is 6. The molecule has 0 atom stereocenters. The topological polar surface area (TPSA) is 119 Å². The third-order valence-corrected chi connectivity index (χ3v) is 6.39. The monoisotopic (exact) mass is 464 g/mol. The molecule has 2 aromatic rings. The van der Waals surface area contributed by atoms with E-state index in [1.165, 1.54) is 43.3 Å². The number of carboxylic acid groups (broad SMARTS) is 1. The molecule has 0 aromatic heterocycles.